The van der Waals surface area contributed by atoms with Gasteiger partial charge in [0.1, 0.15) is 5.69 Å². The molecule has 1 aliphatic rings. The highest BCUT2D eigenvalue weighted by Gasteiger charge is 2.31. The fraction of sp³-hybridized carbons (Fsp3) is 0.333. The largest absolute Gasteiger partial charge is 0.341 e. The molecule has 0 radical (unpaired) electrons. The van der Waals surface area contributed by atoms with Crippen LogP contribution in [0.2, 0.25) is 0 Å². The Morgan fingerprint density at radius 3 is 2.64 bits per heavy atom. The summed E-state index contributed by atoms with van der Waals surface area (Å²) in [5, 5.41) is 10.1. The summed E-state index contributed by atoms with van der Waals surface area (Å²) in [6.45, 7) is 4.47. The second-order valence-electron chi connectivity index (χ2n) is 7.16. The molecule has 1 aliphatic heterocycles. The number of hydrogen-bond donors (Lipinski definition) is 1. The molecular weight excluding hydrogens is 392 g/mol. The van der Waals surface area contributed by atoms with Crippen LogP contribution in [0.25, 0.3) is 16.3 Å². The van der Waals surface area contributed by atoms with Gasteiger partial charge in [0.2, 0.25) is 5.91 Å². The standard InChI is InChI=1S/C21H24N4OS.ClH/c1-15(16-11-22-12-16)21(26)24(2)13-17-14-25(18-7-4-3-5-8-18)23-20(17)19-9-6-10-27-19;/h3-10,14-16,22H,11-13H2,1-2H3;1H. The predicted octanol–water partition coefficient (Wildman–Crippen LogP) is 3.84. The van der Waals surface area contributed by atoms with E-state index in [9.17, 15) is 4.79 Å². The van der Waals surface area contributed by atoms with Crippen molar-refractivity contribution in [3.63, 3.8) is 0 Å². The van der Waals surface area contributed by atoms with Gasteiger partial charge >= 0.3 is 0 Å². The molecule has 28 heavy (non-hydrogen) atoms. The lowest BCUT2D eigenvalue weighted by Crippen LogP contribution is -2.49. The van der Waals surface area contributed by atoms with Crippen LogP contribution in [0.15, 0.2) is 54.0 Å². The summed E-state index contributed by atoms with van der Waals surface area (Å²) in [6, 6.07) is 14.2. The highest BCUT2D eigenvalue weighted by molar-refractivity contribution is 7.13. The van der Waals surface area contributed by atoms with Crippen LogP contribution in [0.4, 0.5) is 0 Å². The number of halogens is 1. The third-order valence-corrected chi connectivity index (χ3v) is 6.14. The van der Waals surface area contributed by atoms with Crippen molar-refractivity contribution < 1.29 is 4.79 Å². The molecule has 1 amide bonds. The van der Waals surface area contributed by atoms with E-state index in [-0.39, 0.29) is 24.2 Å². The van der Waals surface area contributed by atoms with Crippen molar-refractivity contribution in [1.29, 1.82) is 0 Å². The number of thiophene rings is 1. The molecule has 3 heterocycles. The summed E-state index contributed by atoms with van der Waals surface area (Å²) >= 11 is 1.67. The second-order valence-corrected chi connectivity index (χ2v) is 8.11. The van der Waals surface area contributed by atoms with Crippen LogP contribution in [-0.4, -0.2) is 40.7 Å². The molecule has 5 nitrogen and oxygen atoms in total. The molecule has 2 aromatic heterocycles. The van der Waals surface area contributed by atoms with E-state index >= 15 is 0 Å². The molecule has 0 spiro atoms. The first-order valence-electron chi connectivity index (χ1n) is 9.27. The van der Waals surface area contributed by atoms with Gasteiger partial charge in [-0.2, -0.15) is 5.10 Å². The molecule has 3 aromatic rings. The SMILES string of the molecule is CC(C(=O)N(C)Cc1cn(-c2ccccc2)nc1-c1cccs1)C1CNC1.Cl. The topological polar surface area (TPSA) is 50.2 Å². The molecule has 148 valence electrons. The number of aromatic nitrogens is 2. The van der Waals surface area contributed by atoms with Crippen molar-refractivity contribution in [3.8, 4) is 16.3 Å². The van der Waals surface area contributed by atoms with Crippen LogP contribution in [0.5, 0.6) is 0 Å². The van der Waals surface area contributed by atoms with Gasteiger partial charge in [-0.1, -0.05) is 31.2 Å². The lowest BCUT2D eigenvalue weighted by molar-refractivity contribution is -0.136. The Morgan fingerprint density at radius 1 is 1.29 bits per heavy atom. The summed E-state index contributed by atoms with van der Waals surface area (Å²) in [5.74, 6) is 0.695. The summed E-state index contributed by atoms with van der Waals surface area (Å²) in [6.07, 6.45) is 2.05. The monoisotopic (exact) mass is 416 g/mol. The van der Waals surface area contributed by atoms with E-state index in [1.807, 2.05) is 66.1 Å². The summed E-state index contributed by atoms with van der Waals surface area (Å²) < 4.78 is 1.90. The van der Waals surface area contributed by atoms with Crippen LogP contribution in [0.1, 0.15) is 12.5 Å². The van der Waals surface area contributed by atoms with E-state index in [0.29, 0.717) is 12.5 Å². The van der Waals surface area contributed by atoms with Crippen molar-refractivity contribution in [2.45, 2.75) is 13.5 Å². The third kappa shape index (κ3) is 4.14. The van der Waals surface area contributed by atoms with E-state index in [1.54, 1.807) is 11.3 Å². The molecule has 1 saturated heterocycles. The molecule has 1 N–H and O–H groups in total. The Kier molecular flexibility index (Phi) is 6.54. The molecule has 0 saturated carbocycles. The Balaban J connectivity index is 0.00000225. The zero-order valence-corrected chi connectivity index (χ0v) is 17.7. The molecule has 1 aromatic carbocycles. The zero-order valence-electron chi connectivity index (χ0n) is 16.0. The van der Waals surface area contributed by atoms with Crippen molar-refractivity contribution in [1.82, 2.24) is 20.0 Å². The van der Waals surface area contributed by atoms with Crippen molar-refractivity contribution in [2.24, 2.45) is 11.8 Å². The van der Waals surface area contributed by atoms with Gasteiger partial charge in [0.05, 0.1) is 10.6 Å². The smallest absolute Gasteiger partial charge is 0.225 e. The van der Waals surface area contributed by atoms with Gasteiger partial charge in [-0.05, 0) is 42.6 Å². The number of carbonyl (C=O) groups excluding carboxylic acids is 1. The molecule has 1 atom stereocenters. The summed E-state index contributed by atoms with van der Waals surface area (Å²) in [5.41, 5.74) is 3.03. The van der Waals surface area contributed by atoms with Gasteiger partial charge in [0.25, 0.3) is 0 Å². The minimum Gasteiger partial charge on any atom is -0.341 e. The van der Waals surface area contributed by atoms with Gasteiger partial charge in [-0.3, -0.25) is 4.79 Å². The van der Waals surface area contributed by atoms with E-state index in [2.05, 4.69) is 16.8 Å². The lowest BCUT2D eigenvalue weighted by Gasteiger charge is -2.33. The Bertz CT molecular complexity index is 906. The normalized spacial score (nSPS) is 14.8. The number of rotatable bonds is 6. The maximum absolute atomic E-state index is 12.8. The van der Waals surface area contributed by atoms with E-state index < -0.39 is 0 Å². The van der Waals surface area contributed by atoms with Gasteiger partial charge in [0.15, 0.2) is 0 Å². The lowest BCUT2D eigenvalue weighted by atomic mass is 9.88. The minimum atomic E-state index is 0. The first-order chi connectivity index (χ1) is 13.1. The van der Waals surface area contributed by atoms with Gasteiger partial charge in [0, 0.05) is 31.3 Å². The molecule has 1 fully saturated rings. The Hall–Kier alpha value is -2.15. The van der Waals surface area contributed by atoms with Crippen molar-refractivity contribution >= 4 is 29.7 Å². The van der Waals surface area contributed by atoms with Crippen LogP contribution < -0.4 is 5.32 Å². The predicted molar refractivity (Wildman–Crippen MR) is 116 cm³/mol. The number of nitrogens with zero attached hydrogens (tertiary/aromatic N) is 3. The molecular formula is C21H25ClN4OS. The average molecular weight is 417 g/mol. The van der Waals surface area contributed by atoms with Crippen LogP contribution in [-0.2, 0) is 11.3 Å². The zero-order chi connectivity index (χ0) is 18.8. The third-order valence-electron chi connectivity index (χ3n) is 5.26. The Morgan fingerprint density at radius 2 is 2.04 bits per heavy atom. The number of amides is 1. The molecule has 0 aliphatic carbocycles. The Labute approximate surface area is 175 Å². The highest BCUT2D eigenvalue weighted by atomic mass is 35.5. The first-order valence-corrected chi connectivity index (χ1v) is 10.1. The molecule has 0 bridgehead atoms. The van der Waals surface area contributed by atoms with Crippen LogP contribution in [0, 0.1) is 11.8 Å². The second kappa shape index (κ2) is 8.90. The fourth-order valence-electron chi connectivity index (χ4n) is 3.41. The van der Waals surface area contributed by atoms with Gasteiger partial charge in [-0.15, -0.1) is 23.7 Å². The number of hydrogen-bond acceptors (Lipinski definition) is 4. The maximum atomic E-state index is 12.8. The van der Waals surface area contributed by atoms with Crippen LogP contribution in [0.3, 0.4) is 0 Å². The number of benzene rings is 1. The molecule has 1 unspecified atom stereocenters. The molecule has 7 heteroatoms. The van der Waals surface area contributed by atoms with Crippen molar-refractivity contribution in [3.05, 3.63) is 59.6 Å². The number of carbonyl (C=O) groups is 1. The van der Waals surface area contributed by atoms with E-state index in [1.165, 1.54) is 0 Å². The summed E-state index contributed by atoms with van der Waals surface area (Å²) in [7, 11) is 1.89. The fourth-order valence-corrected chi connectivity index (χ4v) is 4.15. The van der Waals surface area contributed by atoms with Gasteiger partial charge < -0.3 is 10.2 Å². The van der Waals surface area contributed by atoms with E-state index in [4.69, 9.17) is 5.10 Å². The summed E-state index contributed by atoms with van der Waals surface area (Å²) in [4.78, 5) is 15.8. The van der Waals surface area contributed by atoms with E-state index in [0.717, 1.165) is 34.9 Å². The van der Waals surface area contributed by atoms with Crippen molar-refractivity contribution in [2.75, 3.05) is 20.1 Å². The first kappa shape index (κ1) is 20.6. The highest BCUT2D eigenvalue weighted by Crippen LogP contribution is 2.29. The maximum Gasteiger partial charge on any atom is 0.225 e. The minimum absolute atomic E-state index is 0. The quantitative estimate of drug-likeness (QED) is 0.664. The number of nitrogens with one attached hydrogen (secondary N) is 1. The molecule has 4 rings (SSSR count). The van der Waals surface area contributed by atoms with Crippen LogP contribution >= 0.6 is 23.7 Å². The number of para-hydroxylation sites is 1. The average Bonchev–Trinajstić information content (AvgIpc) is 3.29. The van der Waals surface area contributed by atoms with Gasteiger partial charge in [-0.25, -0.2) is 4.68 Å².